The minimum Gasteiger partial charge on any atom is -0.350 e. The molecule has 0 saturated heterocycles. The predicted octanol–water partition coefficient (Wildman–Crippen LogP) is 2.71. The van der Waals surface area contributed by atoms with Crippen LogP contribution in [0.3, 0.4) is 0 Å². The molecule has 0 spiro atoms. The Hall–Kier alpha value is -1.64. The Morgan fingerprint density at radius 2 is 2.14 bits per heavy atom. The SMILES string of the molecule is CC(=N)c1cn(C)c2ccc(F)cc12. The molecule has 0 atom stereocenters. The molecular formula is C11H11FN2. The molecule has 2 nitrogen and oxygen atoms in total. The molecule has 2 aromatic rings. The van der Waals surface area contributed by atoms with Crippen LogP contribution < -0.4 is 0 Å². The number of hydrogen-bond donors (Lipinski definition) is 1. The summed E-state index contributed by atoms with van der Waals surface area (Å²) < 4.78 is 14.9. The van der Waals surface area contributed by atoms with Crippen LogP contribution in [0.5, 0.6) is 0 Å². The van der Waals surface area contributed by atoms with E-state index in [2.05, 4.69) is 0 Å². The third-order valence-corrected chi connectivity index (χ3v) is 2.36. The van der Waals surface area contributed by atoms with E-state index >= 15 is 0 Å². The molecular weight excluding hydrogens is 179 g/mol. The molecule has 0 unspecified atom stereocenters. The molecule has 72 valence electrons. The maximum absolute atomic E-state index is 13.0. The van der Waals surface area contributed by atoms with Crippen LogP contribution in [0.1, 0.15) is 12.5 Å². The Morgan fingerprint density at radius 1 is 1.43 bits per heavy atom. The lowest BCUT2D eigenvalue weighted by molar-refractivity contribution is 0.629. The maximum Gasteiger partial charge on any atom is 0.123 e. The van der Waals surface area contributed by atoms with Crippen molar-refractivity contribution in [3.63, 3.8) is 0 Å². The van der Waals surface area contributed by atoms with Crippen molar-refractivity contribution in [2.75, 3.05) is 0 Å². The third kappa shape index (κ3) is 1.21. The Bertz CT molecular complexity index is 511. The predicted molar refractivity (Wildman–Crippen MR) is 55.4 cm³/mol. The van der Waals surface area contributed by atoms with Gasteiger partial charge in [-0.2, -0.15) is 0 Å². The number of nitrogens with one attached hydrogen (secondary N) is 1. The van der Waals surface area contributed by atoms with Gasteiger partial charge in [-0.25, -0.2) is 4.39 Å². The summed E-state index contributed by atoms with van der Waals surface area (Å²) in [6.07, 6.45) is 1.85. The zero-order valence-electron chi connectivity index (χ0n) is 8.13. The van der Waals surface area contributed by atoms with Crippen molar-refractivity contribution in [3.8, 4) is 0 Å². The fourth-order valence-corrected chi connectivity index (χ4v) is 1.66. The van der Waals surface area contributed by atoms with E-state index in [1.54, 1.807) is 13.0 Å². The number of aromatic nitrogens is 1. The largest absolute Gasteiger partial charge is 0.350 e. The Morgan fingerprint density at radius 3 is 2.79 bits per heavy atom. The summed E-state index contributed by atoms with van der Waals surface area (Å²) in [5, 5.41) is 8.37. The van der Waals surface area contributed by atoms with Gasteiger partial charge in [-0.3, -0.25) is 0 Å². The van der Waals surface area contributed by atoms with Gasteiger partial charge in [0.15, 0.2) is 0 Å². The second-order valence-corrected chi connectivity index (χ2v) is 3.44. The van der Waals surface area contributed by atoms with Crippen LogP contribution in [0.25, 0.3) is 10.9 Å². The first-order valence-electron chi connectivity index (χ1n) is 4.39. The number of hydrogen-bond acceptors (Lipinski definition) is 1. The van der Waals surface area contributed by atoms with Crippen molar-refractivity contribution < 1.29 is 4.39 Å². The molecule has 0 bridgehead atoms. The van der Waals surface area contributed by atoms with Crippen molar-refractivity contribution >= 4 is 16.6 Å². The summed E-state index contributed by atoms with van der Waals surface area (Å²) in [6, 6.07) is 4.64. The second-order valence-electron chi connectivity index (χ2n) is 3.44. The van der Waals surface area contributed by atoms with Crippen LogP contribution in [0.15, 0.2) is 24.4 Å². The number of nitrogens with zero attached hydrogens (tertiary/aromatic N) is 1. The summed E-state index contributed by atoms with van der Waals surface area (Å²) in [7, 11) is 1.90. The average molecular weight is 190 g/mol. The van der Waals surface area contributed by atoms with Gasteiger partial charge in [-0.15, -0.1) is 0 Å². The van der Waals surface area contributed by atoms with Gasteiger partial charge in [0.1, 0.15) is 5.82 Å². The monoisotopic (exact) mass is 190 g/mol. The summed E-state index contributed by atoms with van der Waals surface area (Å²) in [5.74, 6) is -0.258. The number of benzene rings is 1. The minimum absolute atomic E-state index is 0.258. The zero-order chi connectivity index (χ0) is 10.3. The Labute approximate surface area is 81.5 Å². The fraction of sp³-hybridized carbons (Fsp3) is 0.182. The van der Waals surface area contributed by atoms with E-state index in [0.717, 1.165) is 16.5 Å². The van der Waals surface area contributed by atoms with E-state index in [0.29, 0.717) is 5.71 Å². The molecule has 0 fully saturated rings. The van der Waals surface area contributed by atoms with E-state index in [-0.39, 0.29) is 5.82 Å². The second kappa shape index (κ2) is 2.94. The molecule has 0 amide bonds. The highest BCUT2D eigenvalue weighted by molar-refractivity contribution is 6.08. The number of fused-ring (bicyclic) bond motifs is 1. The van der Waals surface area contributed by atoms with E-state index in [1.807, 2.05) is 17.8 Å². The van der Waals surface area contributed by atoms with E-state index in [1.165, 1.54) is 12.1 Å². The third-order valence-electron chi connectivity index (χ3n) is 2.36. The first-order valence-corrected chi connectivity index (χ1v) is 4.39. The van der Waals surface area contributed by atoms with Crippen molar-refractivity contribution in [3.05, 3.63) is 35.8 Å². The first-order chi connectivity index (χ1) is 6.59. The molecule has 0 radical (unpaired) electrons. The summed E-state index contributed by atoms with van der Waals surface area (Å²) in [4.78, 5) is 0. The highest BCUT2D eigenvalue weighted by Crippen LogP contribution is 2.21. The molecule has 0 aliphatic carbocycles. The smallest absolute Gasteiger partial charge is 0.123 e. The summed E-state index contributed by atoms with van der Waals surface area (Å²) >= 11 is 0. The fourth-order valence-electron chi connectivity index (χ4n) is 1.66. The van der Waals surface area contributed by atoms with Gasteiger partial charge < -0.3 is 9.98 Å². The number of rotatable bonds is 1. The molecule has 2 rings (SSSR count). The zero-order valence-corrected chi connectivity index (χ0v) is 8.13. The lowest BCUT2D eigenvalue weighted by Crippen LogP contribution is -1.89. The van der Waals surface area contributed by atoms with Gasteiger partial charge in [-0.05, 0) is 25.1 Å². The topological polar surface area (TPSA) is 28.8 Å². The molecule has 3 heteroatoms. The molecule has 1 N–H and O–H groups in total. The van der Waals surface area contributed by atoms with Crippen molar-refractivity contribution in [1.29, 1.82) is 5.41 Å². The van der Waals surface area contributed by atoms with Gasteiger partial charge >= 0.3 is 0 Å². The Kier molecular flexibility index (Phi) is 1.88. The number of halogens is 1. The lowest BCUT2D eigenvalue weighted by Gasteiger charge is -1.95. The van der Waals surface area contributed by atoms with Crippen LogP contribution in [-0.2, 0) is 7.05 Å². The molecule has 1 heterocycles. The minimum atomic E-state index is -0.258. The molecule has 0 aliphatic heterocycles. The van der Waals surface area contributed by atoms with Gasteiger partial charge in [0.05, 0.1) is 0 Å². The van der Waals surface area contributed by atoms with Crippen LogP contribution in [0, 0.1) is 11.2 Å². The van der Waals surface area contributed by atoms with Gasteiger partial charge in [-0.1, -0.05) is 0 Å². The molecule has 1 aromatic heterocycles. The molecule has 0 aliphatic rings. The highest BCUT2D eigenvalue weighted by Gasteiger charge is 2.08. The van der Waals surface area contributed by atoms with Crippen LogP contribution in [0.4, 0.5) is 4.39 Å². The standard InChI is InChI=1S/C11H11FN2/c1-7(13)10-6-14(2)11-4-3-8(12)5-9(10)11/h3-6,13H,1-2H3. The first kappa shape index (κ1) is 8.94. The van der Waals surface area contributed by atoms with Gasteiger partial charge in [0, 0.05) is 35.4 Å². The maximum atomic E-state index is 13.0. The van der Waals surface area contributed by atoms with Gasteiger partial charge in [0.2, 0.25) is 0 Å². The molecule has 14 heavy (non-hydrogen) atoms. The highest BCUT2D eigenvalue weighted by atomic mass is 19.1. The Balaban J connectivity index is 2.85. The normalized spacial score (nSPS) is 10.8. The lowest BCUT2D eigenvalue weighted by atomic mass is 10.1. The number of aryl methyl sites for hydroxylation is 1. The van der Waals surface area contributed by atoms with Crippen LogP contribution in [0.2, 0.25) is 0 Å². The van der Waals surface area contributed by atoms with Crippen molar-refractivity contribution in [1.82, 2.24) is 4.57 Å². The summed E-state index contributed by atoms with van der Waals surface area (Å²) in [6.45, 7) is 1.71. The van der Waals surface area contributed by atoms with Crippen LogP contribution >= 0.6 is 0 Å². The van der Waals surface area contributed by atoms with Crippen molar-refractivity contribution in [2.24, 2.45) is 7.05 Å². The van der Waals surface area contributed by atoms with Crippen LogP contribution in [-0.4, -0.2) is 10.3 Å². The summed E-state index contributed by atoms with van der Waals surface area (Å²) in [5.41, 5.74) is 2.20. The van der Waals surface area contributed by atoms with Gasteiger partial charge in [0.25, 0.3) is 0 Å². The van der Waals surface area contributed by atoms with Crippen molar-refractivity contribution in [2.45, 2.75) is 6.92 Å². The average Bonchev–Trinajstić information content (AvgIpc) is 2.43. The quantitative estimate of drug-likeness (QED) is 0.670. The van der Waals surface area contributed by atoms with E-state index in [4.69, 9.17) is 5.41 Å². The molecule has 1 aromatic carbocycles. The molecule has 0 saturated carbocycles. The van der Waals surface area contributed by atoms with E-state index < -0.39 is 0 Å². The van der Waals surface area contributed by atoms with E-state index in [9.17, 15) is 4.39 Å².